The second kappa shape index (κ2) is 7.74. The molecule has 0 N–H and O–H groups in total. The van der Waals surface area contributed by atoms with E-state index in [2.05, 4.69) is 27.0 Å². The van der Waals surface area contributed by atoms with E-state index in [0.717, 1.165) is 29.3 Å². The number of rotatable bonds is 5. The lowest BCUT2D eigenvalue weighted by molar-refractivity contribution is 0.893. The Bertz CT molecular complexity index is 947. The lowest BCUT2D eigenvalue weighted by Gasteiger charge is -2.19. The lowest BCUT2D eigenvalue weighted by Crippen LogP contribution is -2.18. The third-order valence-electron chi connectivity index (χ3n) is 4.21. The zero-order chi connectivity index (χ0) is 18.5. The maximum absolute atomic E-state index is 4.77. The van der Waals surface area contributed by atoms with Gasteiger partial charge in [-0.05, 0) is 29.8 Å². The molecule has 0 saturated heterocycles. The van der Waals surface area contributed by atoms with Crippen LogP contribution in [0.15, 0.2) is 85.3 Å². The van der Waals surface area contributed by atoms with Crippen molar-refractivity contribution in [2.75, 3.05) is 11.9 Å². The maximum atomic E-state index is 4.77. The molecule has 0 unspecified atom stereocenters. The topological polar surface area (TPSA) is 54.8 Å². The molecule has 0 spiro atoms. The monoisotopic (exact) mass is 353 g/mol. The molecule has 0 aliphatic rings. The van der Waals surface area contributed by atoms with Gasteiger partial charge >= 0.3 is 0 Å². The van der Waals surface area contributed by atoms with Crippen LogP contribution in [0.25, 0.3) is 22.8 Å². The van der Waals surface area contributed by atoms with Gasteiger partial charge in [0.15, 0.2) is 5.82 Å². The molecule has 5 heteroatoms. The minimum atomic E-state index is 0.640. The van der Waals surface area contributed by atoms with Crippen LogP contribution >= 0.6 is 0 Å². The molecule has 0 fully saturated rings. The zero-order valence-electron chi connectivity index (χ0n) is 15.0. The summed E-state index contributed by atoms with van der Waals surface area (Å²) in [4.78, 5) is 20.3. The summed E-state index contributed by atoms with van der Waals surface area (Å²) in [7, 11) is 2.03. The number of anilines is 1. The molecule has 0 radical (unpaired) electrons. The number of aromatic nitrogens is 4. The quantitative estimate of drug-likeness (QED) is 0.537. The van der Waals surface area contributed by atoms with Gasteiger partial charge in [0.2, 0.25) is 0 Å². The molecule has 0 amide bonds. The van der Waals surface area contributed by atoms with Crippen molar-refractivity contribution >= 4 is 5.82 Å². The Labute approximate surface area is 158 Å². The van der Waals surface area contributed by atoms with Gasteiger partial charge in [0.25, 0.3) is 0 Å². The normalized spacial score (nSPS) is 10.6. The standard InChI is InChI=1S/C22H19N5/c1-27(16-17-8-3-2-4-9-17)21-14-20(19-11-5-6-13-24-19)25-22(26-21)18-10-7-12-23-15-18/h2-15H,16H2,1H3. The molecule has 3 heterocycles. The van der Waals surface area contributed by atoms with Crippen molar-refractivity contribution in [3.63, 3.8) is 0 Å². The number of pyridine rings is 2. The molecule has 1 aromatic carbocycles. The van der Waals surface area contributed by atoms with Gasteiger partial charge in [0, 0.05) is 43.8 Å². The highest BCUT2D eigenvalue weighted by Crippen LogP contribution is 2.25. The SMILES string of the molecule is CN(Cc1ccccc1)c1cc(-c2ccccn2)nc(-c2cccnc2)n1. The fraction of sp³-hybridized carbons (Fsp3) is 0.0909. The third kappa shape index (κ3) is 3.98. The van der Waals surface area contributed by atoms with E-state index in [4.69, 9.17) is 9.97 Å². The molecule has 5 nitrogen and oxygen atoms in total. The van der Waals surface area contributed by atoms with Gasteiger partial charge < -0.3 is 4.90 Å². The van der Waals surface area contributed by atoms with Gasteiger partial charge in [-0.15, -0.1) is 0 Å². The third-order valence-corrected chi connectivity index (χ3v) is 4.21. The molecule has 27 heavy (non-hydrogen) atoms. The largest absolute Gasteiger partial charge is 0.355 e. The van der Waals surface area contributed by atoms with Gasteiger partial charge in [-0.1, -0.05) is 36.4 Å². The van der Waals surface area contributed by atoms with Crippen molar-refractivity contribution in [2.24, 2.45) is 0 Å². The zero-order valence-corrected chi connectivity index (χ0v) is 15.0. The van der Waals surface area contributed by atoms with E-state index in [1.54, 1.807) is 18.6 Å². The van der Waals surface area contributed by atoms with Crippen LogP contribution in [0.5, 0.6) is 0 Å². The maximum Gasteiger partial charge on any atom is 0.163 e. The van der Waals surface area contributed by atoms with Crippen molar-refractivity contribution in [3.8, 4) is 22.8 Å². The molecular weight excluding hydrogens is 334 g/mol. The predicted octanol–water partition coefficient (Wildman–Crippen LogP) is 4.24. The first-order valence-corrected chi connectivity index (χ1v) is 8.75. The number of nitrogens with zero attached hydrogens (tertiary/aromatic N) is 5. The molecule has 0 aliphatic heterocycles. The highest BCUT2D eigenvalue weighted by atomic mass is 15.2. The highest BCUT2D eigenvalue weighted by Gasteiger charge is 2.12. The summed E-state index contributed by atoms with van der Waals surface area (Å²) in [5.41, 5.74) is 3.71. The average Bonchev–Trinajstić information content (AvgIpc) is 2.75. The summed E-state index contributed by atoms with van der Waals surface area (Å²) in [6, 6.07) is 22.0. The first-order valence-electron chi connectivity index (χ1n) is 8.75. The van der Waals surface area contributed by atoms with Crippen molar-refractivity contribution in [1.29, 1.82) is 0 Å². The Kier molecular flexibility index (Phi) is 4.83. The number of hydrogen-bond acceptors (Lipinski definition) is 5. The fourth-order valence-electron chi connectivity index (χ4n) is 2.84. The van der Waals surface area contributed by atoms with E-state index in [1.165, 1.54) is 5.56 Å². The Balaban J connectivity index is 1.76. The van der Waals surface area contributed by atoms with E-state index in [1.807, 2.05) is 61.6 Å². The Morgan fingerprint density at radius 3 is 2.41 bits per heavy atom. The molecule has 4 aromatic rings. The second-order valence-corrected chi connectivity index (χ2v) is 6.23. The Morgan fingerprint density at radius 2 is 1.67 bits per heavy atom. The van der Waals surface area contributed by atoms with Crippen LogP contribution in [0.4, 0.5) is 5.82 Å². The van der Waals surface area contributed by atoms with Crippen LogP contribution in [0.2, 0.25) is 0 Å². The predicted molar refractivity (Wildman–Crippen MR) is 107 cm³/mol. The van der Waals surface area contributed by atoms with Crippen LogP contribution < -0.4 is 4.90 Å². The van der Waals surface area contributed by atoms with Crippen LogP contribution in [-0.4, -0.2) is 27.0 Å². The van der Waals surface area contributed by atoms with E-state index in [-0.39, 0.29) is 0 Å². The minimum Gasteiger partial charge on any atom is -0.355 e. The summed E-state index contributed by atoms with van der Waals surface area (Å²) in [6.45, 7) is 0.756. The molecule has 4 rings (SSSR count). The fourth-order valence-corrected chi connectivity index (χ4v) is 2.84. The van der Waals surface area contributed by atoms with Gasteiger partial charge in [-0.3, -0.25) is 9.97 Å². The van der Waals surface area contributed by atoms with Gasteiger partial charge in [-0.25, -0.2) is 9.97 Å². The van der Waals surface area contributed by atoms with Crippen molar-refractivity contribution < 1.29 is 0 Å². The smallest absolute Gasteiger partial charge is 0.163 e. The average molecular weight is 353 g/mol. The van der Waals surface area contributed by atoms with Crippen molar-refractivity contribution in [3.05, 3.63) is 90.9 Å². The molecular formula is C22H19N5. The molecule has 0 aliphatic carbocycles. The van der Waals surface area contributed by atoms with Crippen LogP contribution in [0.3, 0.4) is 0 Å². The van der Waals surface area contributed by atoms with Crippen molar-refractivity contribution in [1.82, 2.24) is 19.9 Å². The van der Waals surface area contributed by atoms with Gasteiger partial charge in [0.1, 0.15) is 5.82 Å². The van der Waals surface area contributed by atoms with E-state index < -0.39 is 0 Å². The van der Waals surface area contributed by atoms with E-state index in [9.17, 15) is 0 Å². The lowest BCUT2D eigenvalue weighted by atomic mass is 10.2. The van der Waals surface area contributed by atoms with Gasteiger partial charge in [0.05, 0.1) is 11.4 Å². The van der Waals surface area contributed by atoms with E-state index >= 15 is 0 Å². The van der Waals surface area contributed by atoms with E-state index in [0.29, 0.717) is 5.82 Å². The molecule has 0 atom stereocenters. The Hall–Kier alpha value is -3.60. The number of hydrogen-bond donors (Lipinski definition) is 0. The second-order valence-electron chi connectivity index (χ2n) is 6.23. The minimum absolute atomic E-state index is 0.640. The van der Waals surface area contributed by atoms with Crippen LogP contribution in [0.1, 0.15) is 5.56 Å². The van der Waals surface area contributed by atoms with Crippen LogP contribution in [0, 0.1) is 0 Å². The highest BCUT2D eigenvalue weighted by molar-refractivity contribution is 5.65. The summed E-state index contributed by atoms with van der Waals surface area (Å²) >= 11 is 0. The van der Waals surface area contributed by atoms with Crippen LogP contribution in [-0.2, 0) is 6.54 Å². The van der Waals surface area contributed by atoms with Gasteiger partial charge in [-0.2, -0.15) is 0 Å². The van der Waals surface area contributed by atoms with Crippen molar-refractivity contribution in [2.45, 2.75) is 6.54 Å². The number of benzene rings is 1. The Morgan fingerprint density at radius 1 is 0.815 bits per heavy atom. The first-order chi connectivity index (χ1) is 13.3. The molecule has 132 valence electrons. The molecule has 0 bridgehead atoms. The summed E-state index contributed by atoms with van der Waals surface area (Å²) < 4.78 is 0. The summed E-state index contributed by atoms with van der Waals surface area (Å²) in [5.74, 6) is 1.48. The molecule has 0 saturated carbocycles. The first kappa shape index (κ1) is 16.8. The summed E-state index contributed by atoms with van der Waals surface area (Å²) in [6.07, 6.45) is 5.29. The molecule has 3 aromatic heterocycles. The summed E-state index contributed by atoms with van der Waals surface area (Å²) in [5, 5.41) is 0.